The first kappa shape index (κ1) is 24.4. The predicted octanol–water partition coefficient (Wildman–Crippen LogP) is 5.18. The molecule has 0 saturated heterocycles. The van der Waals surface area contributed by atoms with E-state index in [1.807, 2.05) is 121 Å². The number of anilines is 2. The van der Waals surface area contributed by atoms with Gasteiger partial charge in [0, 0.05) is 0 Å². The second-order valence-corrected chi connectivity index (χ2v) is 8.59. The molecule has 0 aliphatic carbocycles. The van der Waals surface area contributed by atoms with E-state index in [1.165, 1.54) is 0 Å². The van der Waals surface area contributed by atoms with Crippen LogP contribution in [0.1, 0.15) is 11.4 Å². The lowest BCUT2D eigenvalue weighted by Crippen LogP contribution is -2.22. The third-order valence-electron chi connectivity index (χ3n) is 5.81. The fourth-order valence-electron chi connectivity index (χ4n) is 3.84. The van der Waals surface area contributed by atoms with Gasteiger partial charge in [-0.05, 0) is 48.5 Å². The van der Waals surface area contributed by atoms with Gasteiger partial charge in [0.25, 0.3) is 0 Å². The molecule has 0 atom stereocenters. The average molecular weight is 525 g/mol. The van der Waals surface area contributed by atoms with Gasteiger partial charge >= 0.3 is 0 Å². The van der Waals surface area contributed by atoms with Gasteiger partial charge in [-0.25, -0.2) is 0 Å². The van der Waals surface area contributed by atoms with Crippen molar-refractivity contribution in [3.8, 4) is 11.4 Å². The van der Waals surface area contributed by atoms with E-state index in [1.54, 1.807) is 22.0 Å². The maximum atomic E-state index is 4.75. The lowest BCUT2D eigenvalue weighted by Gasteiger charge is -2.08. The summed E-state index contributed by atoms with van der Waals surface area (Å²) in [6, 6.07) is 38.7. The van der Waals surface area contributed by atoms with Gasteiger partial charge in [-0.15, -0.1) is 10.2 Å². The maximum Gasteiger partial charge on any atom is 0.142 e. The van der Waals surface area contributed by atoms with Crippen molar-refractivity contribution in [2.75, 3.05) is 10.9 Å². The zero-order valence-electron chi connectivity index (χ0n) is 21.3. The average Bonchev–Trinajstić information content (AvgIpc) is 3.72. The van der Waals surface area contributed by atoms with Crippen molar-refractivity contribution in [3.63, 3.8) is 0 Å². The van der Waals surface area contributed by atoms with E-state index in [2.05, 4.69) is 21.0 Å². The SMILES string of the molecule is c1ccc(NN=C(C(=NNc2ccccc2)c2cnn(-c3ccccc3)n2)c2cnn(-c3ccccc3)n2)cc1. The van der Waals surface area contributed by atoms with Gasteiger partial charge in [-0.3, -0.25) is 10.9 Å². The number of nitrogens with zero attached hydrogens (tertiary/aromatic N) is 8. The summed E-state index contributed by atoms with van der Waals surface area (Å²) in [5, 5.41) is 27.9. The molecule has 0 aliphatic heterocycles. The van der Waals surface area contributed by atoms with Gasteiger partial charge < -0.3 is 0 Å². The van der Waals surface area contributed by atoms with E-state index in [-0.39, 0.29) is 0 Å². The van der Waals surface area contributed by atoms with Crippen LogP contribution in [0, 0.1) is 0 Å². The summed E-state index contributed by atoms with van der Waals surface area (Å²) >= 11 is 0. The van der Waals surface area contributed by atoms with Gasteiger partial charge in [-0.1, -0.05) is 72.8 Å². The molecule has 6 rings (SSSR count). The van der Waals surface area contributed by atoms with Crippen LogP contribution in [-0.2, 0) is 0 Å². The molecule has 2 N–H and O–H groups in total. The molecule has 40 heavy (non-hydrogen) atoms. The molecule has 194 valence electrons. The third kappa shape index (κ3) is 5.65. The molecule has 4 aromatic carbocycles. The van der Waals surface area contributed by atoms with Crippen LogP contribution in [0.3, 0.4) is 0 Å². The highest BCUT2D eigenvalue weighted by Gasteiger charge is 2.22. The molecule has 0 spiro atoms. The Morgan fingerprint density at radius 3 is 1.20 bits per heavy atom. The fourth-order valence-corrected chi connectivity index (χ4v) is 3.84. The Labute approximate surface area is 230 Å². The molecule has 0 saturated carbocycles. The van der Waals surface area contributed by atoms with E-state index in [0.29, 0.717) is 22.8 Å². The van der Waals surface area contributed by atoms with Crippen molar-refractivity contribution in [1.29, 1.82) is 0 Å². The summed E-state index contributed by atoms with van der Waals surface area (Å²) in [5.41, 5.74) is 11.3. The van der Waals surface area contributed by atoms with E-state index in [9.17, 15) is 0 Å². The highest BCUT2D eigenvalue weighted by atomic mass is 15.5. The van der Waals surface area contributed by atoms with Crippen molar-refractivity contribution in [1.82, 2.24) is 30.0 Å². The Balaban J connectivity index is 1.46. The highest BCUT2D eigenvalue weighted by molar-refractivity contribution is 6.52. The minimum atomic E-state index is 0.426. The van der Waals surface area contributed by atoms with Gasteiger partial charge in [0.1, 0.15) is 22.8 Å². The summed E-state index contributed by atoms with van der Waals surface area (Å²) in [6.07, 6.45) is 3.30. The first-order chi connectivity index (χ1) is 19.8. The zero-order valence-corrected chi connectivity index (χ0v) is 21.3. The molecule has 0 aliphatic rings. The smallest absolute Gasteiger partial charge is 0.142 e. The maximum absolute atomic E-state index is 4.75. The van der Waals surface area contributed by atoms with Crippen LogP contribution in [0.25, 0.3) is 11.4 Å². The number of para-hydroxylation sites is 4. The Morgan fingerprint density at radius 1 is 0.475 bits per heavy atom. The Bertz CT molecular complexity index is 1590. The molecule has 2 heterocycles. The largest absolute Gasteiger partial charge is 0.278 e. The summed E-state index contributed by atoms with van der Waals surface area (Å²) in [5.74, 6) is 0. The van der Waals surface area contributed by atoms with Crippen molar-refractivity contribution in [3.05, 3.63) is 145 Å². The zero-order chi connectivity index (χ0) is 27.0. The van der Waals surface area contributed by atoms with Gasteiger partial charge in [0.05, 0.1) is 35.1 Å². The first-order valence-corrected chi connectivity index (χ1v) is 12.6. The monoisotopic (exact) mass is 524 g/mol. The minimum Gasteiger partial charge on any atom is -0.278 e. The Morgan fingerprint density at radius 2 is 0.825 bits per heavy atom. The van der Waals surface area contributed by atoms with Crippen molar-refractivity contribution >= 4 is 22.8 Å². The van der Waals surface area contributed by atoms with Crippen LogP contribution in [0.15, 0.2) is 144 Å². The lowest BCUT2D eigenvalue weighted by molar-refractivity contribution is 0.749. The second-order valence-electron chi connectivity index (χ2n) is 8.59. The van der Waals surface area contributed by atoms with Crippen LogP contribution >= 0.6 is 0 Å². The standard InChI is InChI=1S/C30H24N10/c1-5-13-23(14-6-1)33-35-29(27-21-31-39(37-27)25-17-9-3-10-18-25)30(36-34-24-15-7-2-8-16-24)28-22-32-40(38-28)26-19-11-4-12-20-26/h1-22,33-34H. The van der Waals surface area contributed by atoms with E-state index >= 15 is 0 Å². The molecule has 10 heteroatoms. The number of aromatic nitrogens is 6. The van der Waals surface area contributed by atoms with Crippen LogP contribution < -0.4 is 10.9 Å². The molecule has 0 bridgehead atoms. The number of nitrogens with one attached hydrogen (secondary N) is 2. The number of rotatable bonds is 9. The van der Waals surface area contributed by atoms with E-state index < -0.39 is 0 Å². The topological polar surface area (TPSA) is 110 Å². The molecule has 6 aromatic rings. The molecule has 0 amide bonds. The summed E-state index contributed by atoms with van der Waals surface area (Å²) < 4.78 is 0. The Hall–Kier alpha value is -5.90. The minimum absolute atomic E-state index is 0.426. The van der Waals surface area contributed by atoms with Crippen LogP contribution in [-0.4, -0.2) is 41.4 Å². The summed E-state index contributed by atoms with van der Waals surface area (Å²) in [6.45, 7) is 0. The second kappa shape index (κ2) is 11.7. The van der Waals surface area contributed by atoms with Crippen molar-refractivity contribution in [2.45, 2.75) is 0 Å². The molecular weight excluding hydrogens is 500 g/mol. The number of hydrogen-bond acceptors (Lipinski definition) is 8. The van der Waals surface area contributed by atoms with Crippen molar-refractivity contribution in [2.24, 2.45) is 10.2 Å². The molecular formula is C30H24N10. The van der Waals surface area contributed by atoms with Gasteiger partial charge in [0.15, 0.2) is 0 Å². The fraction of sp³-hybridized carbons (Fsp3) is 0. The number of hydrazone groups is 2. The molecule has 2 aromatic heterocycles. The number of hydrogen-bond donors (Lipinski definition) is 2. The lowest BCUT2D eigenvalue weighted by atomic mass is 10.1. The molecule has 0 radical (unpaired) electrons. The van der Waals surface area contributed by atoms with Crippen LogP contribution in [0.4, 0.5) is 11.4 Å². The van der Waals surface area contributed by atoms with E-state index in [4.69, 9.17) is 20.4 Å². The summed E-state index contributed by atoms with van der Waals surface area (Å²) in [7, 11) is 0. The van der Waals surface area contributed by atoms with Crippen molar-refractivity contribution < 1.29 is 0 Å². The summed E-state index contributed by atoms with van der Waals surface area (Å²) in [4.78, 5) is 3.10. The van der Waals surface area contributed by atoms with Crippen LogP contribution in [0.5, 0.6) is 0 Å². The van der Waals surface area contributed by atoms with Crippen LogP contribution in [0.2, 0.25) is 0 Å². The highest BCUT2D eigenvalue weighted by Crippen LogP contribution is 2.14. The molecule has 0 unspecified atom stereocenters. The normalized spacial score (nSPS) is 11.8. The van der Waals surface area contributed by atoms with Gasteiger partial charge in [-0.2, -0.15) is 30.0 Å². The third-order valence-corrected chi connectivity index (χ3v) is 5.81. The quantitative estimate of drug-likeness (QED) is 0.199. The predicted molar refractivity (Wildman–Crippen MR) is 156 cm³/mol. The molecule has 10 nitrogen and oxygen atoms in total. The number of benzene rings is 4. The van der Waals surface area contributed by atoms with Gasteiger partial charge in [0.2, 0.25) is 0 Å². The first-order valence-electron chi connectivity index (χ1n) is 12.6. The Kier molecular flexibility index (Phi) is 7.12. The molecule has 0 fully saturated rings. The van der Waals surface area contributed by atoms with E-state index in [0.717, 1.165) is 22.7 Å².